The molecular formula is C11H17NO. The fourth-order valence-corrected chi connectivity index (χ4v) is 1.40. The van der Waals surface area contributed by atoms with Crippen molar-refractivity contribution in [2.24, 2.45) is 0 Å². The van der Waals surface area contributed by atoms with Gasteiger partial charge in [0, 0.05) is 19.8 Å². The Morgan fingerprint density at radius 1 is 1.31 bits per heavy atom. The van der Waals surface area contributed by atoms with Gasteiger partial charge in [-0.05, 0) is 24.1 Å². The lowest BCUT2D eigenvalue weighted by molar-refractivity contribution is 0.100. The molecule has 0 aliphatic rings. The summed E-state index contributed by atoms with van der Waals surface area (Å²) < 4.78 is 5.34. The van der Waals surface area contributed by atoms with Crippen LogP contribution >= 0.6 is 0 Å². The molecule has 0 aromatic heterocycles. The molecule has 0 saturated heterocycles. The summed E-state index contributed by atoms with van der Waals surface area (Å²) in [5.41, 5.74) is 2.37. The summed E-state index contributed by atoms with van der Waals surface area (Å²) in [5.74, 6) is 0. The van der Waals surface area contributed by atoms with E-state index in [2.05, 4.69) is 36.5 Å². The van der Waals surface area contributed by atoms with Crippen LogP contribution in [0, 0.1) is 0 Å². The van der Waals surface area contributed by atoms with Gasteiger partial charge in [0.2, 0.25) is 0 Å². The van der Waals surface area contributed by atoms with Crippen molar-refractivity contribution in [1.82, 2.24) is 0 Å². The average molecular weight is 179 g/mol. The van der Waals surface area contributed by atoms with Gasteiger partial charge in [0.25, 0.3) is 0 Å². The van der Waals surface area contributed by atoms with E-state index in [1.807, 2.05) is 7.05 Å². The quantitative estimate of drug-likeness (QED) is 0.767. The summed E-state index contributed by atoms with van der Waals surface area (Å²) in [5, 5.41) is 3.09. The first-order chi connectivity index (χ1) is 6.31. The molecule has 0 spiro atoms. The largest absolute Gasteiger partial charge is 0.388 e. The van der Waals surface area contributed by atoms with Crippen LogP contribution < -0.4 is 5.32 Å². The van der Waals surface area contributed by atoms with Crippen LogP contribution in [0.25, 0.3) is 0 Å². The van der Waals surface area contributed by atoms with Crippen LogP contribution in [0.2, 0.25) is 0 Å². The van der Waals surface area contributed by atoms with Crippen LogP contribution in [0.5, 0.6) is 0 Å². The second kappa shape index (κ2) is 4.87. The molecule has 1 N–H and O–H groups in total. The first-order valence-corrected chi connectivity index (χ1v) is 4.62. The Labute approximate surface area is 79.9 Å². The van der Waals surface area contributed by atoms with Crippen molar-refractivity contribution in [2.75, 3.05) is 19.5 Å². The van der Waals surface area contributed by atoms with Gasteiger partial charge in [-0.3, -0.25) is 0 Å². The molecule has 0 radical (unpaired) electrons. The fourth-order valence-electron chi connectivity index (χ4n) is 1.40. The number of benzene rings is 1. The topological polar surface area (TPSA) is 21.3 Å². The van der Waals surface area contributed by atoms with Crippen molar-refractivity contribution in [2.45, 2.75) is 19.4 Å². The van der Waals surface area contributed by atoms with E-state index in [0.29, 0.717) is 0 Å². The lowest BCUT2D eigenvalue weighted by atomic mass is 10.1. The number of hydrogen-bond acceptors (Lipinski definition) is 2. The minimum absolute atomic E-state index is 0.228. The Bertz CT molecular complexity index is 239. The highest BCUT2D eigenvalue weighted by Crippen LogP contribution is 2.21. The summed E-state index contributed by atoms with van der Waals surface area (Å²) in [6, 6.07) is 8.33. The van der Waals surface area contributed by atoms with Gasteiger partial charge in [0.15, 0.2) is 0 Å². The smallest absolute Gasteiger partial charge is 0.0818 e. The zero-order valence-electron chi connectivity index (χ0n) is 8.50. The third-order valence-electron chi connectivity index (χ3n) is 2.23. The number of hydrogen-bond donors (Lipinski definition) is 1. The van der Waals surface area contributed by atoms with Crippen LogP contribution in [-0.4, -0.2) is 14.2 Å². The molecule has 0 bridgehead atoms. The van der Waals surface area contributed by atoms with E-state index < -0.39 is 0 Å². The molecule has 13 heavy (non-hydrogen) atoms. The van der Waals surface area contributed by atoms with Crippen molar-refractivity contribution >= 4 is 5.69 Å². The Hall–Kier alpha value is -1.02. The molecule has 2 heteroatoms. The summed E-state index contributed by atoms with van der Waals surface area (Å²) >= 11 is 0. The van der Waals surface area contributed by atoms with Gasteiger partial charge in [-0.25, -0.2) is 0 Å². The molecule has 1 aromatic rings. The molecule has 0 amide bonds. The molecule has 2 nitrogen and oxygen atoms in total. The Morgan fingerprint density at radius 2 is 1.92 bits per heavy atom. The maximum atomic E-state index is 5.34. The molecule has 72 valence electrons. The highest BCUT2D eigenvalue weighted by molar-refractivity contribution is 5.44. The zero-order chi connectivity index (χ0) is 9.68. The molecule has 0 aliphatic heterocycles. The van der Waals surface area contributed by atoms with E-state index in [-0.39, 0.29) is 6.10 Å². The van der Waals surface area contributed by atoms with E-state index in [9.17, 15) is 0 Å². The van der Waals surface area contributed by atoms with Crippen molar-refractivity contribution in [1.29, 1.82) is 0 Å². The normalized spacial score (nSPS) is 12.5. The number of methoxy groups -OCH3 is 1. The van der Waals surface area contributed by atoms with Crippen LogP contribution in [0.15, 0.2) is 24.3 Å². The van der Waals surface area contributed by atoms with Gasteiger partial charge >= 0.3 is 0 Å². The SMILES string of the molecule is CCC(OC)c1ccc(NC)cc1. The Kier molecular flexibility index (Phi) is 3.77. The summed E-state index contributed by atoms with van der Waals surface area (Å²) in [7, 11) is 3.67. The van der Waals surface area contributed by atoms with Gasteiger partial charge in [-0.2, -0.15) is 0 Å². The minimum Gasteiger partial charge on any atom is -0.388 e. The summed E-state index contributed by atoms with van der Waals surface area (Å²) in [6.07, 6.45) is 1.24. The molecule has 1 atom stereocenters. The van der Waals surface area contributed by atoms with Crippen molar-refractivity contribution in [3.63, 3.8) is 0 Å². The van der Waals surface area contributed by atoms with Crippen molar-refractivity contribution < 1.29 is 4.74 Å². The predicted octanol–water partition coefficient (Wildman–Crippen LogP) is 2.83. The van der Waals surface area contributed by atoms with Gasteiger partial charge in [-0.1, -0.05) is 19.1 Å². The lowest BCUT2D eigenvalue weighted by Crippen LogP contribution is -1.99. The Balaban J connectivity index is 2.78. The van der Waals surface area contributed by atoms with Crippen molar-refractivity contribution in [3.8, 4) is 0 Å². The van der Waals surface area contributed by atoms with E-state index in [1.165, 1.54) is 5.56 Å². The van der Waals surface area contributed by atoms with Crippen molar-refractivity contribution in [3.05, 3.63) is 29.8 Å². The molecule has 1 unspecified atom stereocenters. The molecule has 0 aliphatic carbocycles. The van der Waals surface area contributed by atoms with Crippen LogP contribution in [0.4, 0.5) is 5.69 Å². The Morgan fingerprint density at radius 3 is 2.31 bits per heavy atom. The van der Waals surface area contributed by atoms with Crippen LogP contribution in [-0.2, 0) is 4.74 Å². The summed E-state index contributed by atoms with van der Waals surface area (Å²) in [6.45, 7) is 2.13. The summed E-state index contributed by atoms with van der Waals surface area (Å²) in [4.78, 5) is 0. The third kappa shape index (κ3) is 2.46. The molecule has 0 fully saturated rings. The highest BCUT2D eigenvalue weighted by Gasteiger charge is 2.06. The number of ether oxygens (including phenoxy) is 1. The van der Waals surface area contributed by atoms with Gasteiger partial charge in [0.1, 0.15) is 0 Å². The van der Waals surface area contributed by atoms with Gasteiger partial charge in [0.05, 0.1) is 6.10 Å². The standard InChI is InChI=1S/C11H17NO/c1-4-11(13-3)9-5-7-10(12-2)8-6-9/h5-8,11-12H,4H2,1-3H3. The van der Waals surface area contributed by atoms with E-state index >= 15 is 0 Å². The molecule has 0 heterocycles. The molecular weight excluding hydrogens is 162 g/mol. The lowest BCUT2D eigenvalue weighted by Gasteiger charge is -2.13. The molecule has 0 saturated carbocycles. The second-order valence-electron chi connectivity index (χ2n) is 3.00. The minimum atomic E-state index is 0.228. The molecule has 1 aromatic carbocycles. The number of nitrogens with one attached hydrogen (secondary N) is 1. The zero-order valence-corrected chi connectivity index (χ0v) is 8.50. The predicted molar refractivity (Wildman–Crippen MR) is 56.0 cm³/mol. The number of anilines is 1. The van der Waals surface area contributed by atoms with Crippen LogP contribution in [0.3, 0.4) is 0 Å². The third-order valence-corrected chi connectivity index (χ3v) is 2.23. The number of rotatable bonds is 4. The van der Waals surface area contributed by atoms with Gasteiger partial charge < -0.3 is 10.1 Å². The maximum Gasteiger partial charge on any atom is 0.0818 e. The highest BCUT2D eigenvalue weighted by atomic mass is 16.5. The van der Waals surface area contributed by atoms with E-state index in [1.54, 1.807) is 7.11 Å². The maximum absolute atomic E-state index is 5.34. The first-order valence-electron chi connectivity index (χ1n) is 4.62. The first kappa shape index (κ1) is 10.1. The average Bonchev–Trinajstić information content (AvgIpc) is 2.21. The molecule has 1 rings (SSSR count). The monoisotopic (exact) mass is 179 g/mol. The fraction of sp³-hybridized carbons (Fsp3) is 0.455. The van der Waals surface area contributed by atoms with Crippen LogP contribution in [0.1, 0.15) is 25.0 Å². The van der Waals surface area contributed by atoms with E-state index in [4.69, 9.17) is 4.74 Å². The second-order valence-corrected chi connectivity index (χ2v) is 3.00. The van der Waals surface area contributed by atoms with E-state index in [0.717, 1.165) is 12.1 Å². The van der Waals surface area contributed by atoms with Gasteiger partial charge in [-0.15, -0.1) is 0 Å².